The number of carbonyl (C=O) groups is 1. The number of anilines is 1. The number of fused-ring (bicyclic) bond motifs is 1. The maximum absolute atomic E-state index is 10.8. The molecule has 7 nitrogen and oxygen atoms in total. The van der Waals surface area contributed by atoms with Crippen molar-refractivity contribution in [3.8, 4) is 11.5 Å². The SMILES string of the molecule is COc1ccc(CNc2nccc3ccc(COC(N)=O)cc23)c(OC)c1. The molecule has 0 atom stereocenters. The predicted molar refractivity (Wildman–Crippen MR) is 103 cm³/mol. The number of ether oxygens (including phenoxy) is 3. The van der Waals surface area contributed by atoms with Crippen LogP contribution in [0.25, 0.3) is 10.8 Å². The molecule has 0 bridgehead atoms. The van der Waals surface area contributed by atoms with E-state index in [2.05, 4.69) is 10.3 Å². The van der Waals surface area contributed by atoms with Crippen molar-refractivity contribution in [2.75, 3.05) is 19.5 Å². The van der Waals surface area contributed by atoms with Crippen LogP contribution < -0.4 is 20.5 Å². The highest BCUT2D eigenvalue weighted by atomic mass is 16.5. The first-order chi connectivity index (χ1) is 13.1. The van der Waals surface area contributed by atoms with E-state index in [-0.39, 0.29) is 6.61 Å². The lowest BCUT2D eigenvalue weighted by atomic mass is 10.1. The molecular weight excluding hydrogens is 346 g/mol. The van der Waals surface area contributed by atoms with Crippen LogP contribution in [0.3, 0.4) is 0 Å². The molecule has 3 N–H and O–H groups in total. The highest BCUT2D eigenvalue weighted by Gasteiger charge is 2.08. The second-order valence-electron chi connectivity index (χ2n) is 5.85. The molecule has 0 radical (unpaired) electrons. The number of primary amides is 1. The molecule has 0 aliphatic carbocycles. The summed E-state index contributed by atoms with van der Waals surface area (Å²) < 4.78 is 15.5. The van der Waals surface area contributed by atoms with E-state index in [0.29, 0.717) is 6.54 Å². The Morgan fingerprint density at radius 2 is 1.96 bits per heavy atom. The summed E-state index contributed by atoms with van der Waals surface area (Å²) in [7, 11) is 3.24. The number of nitrogens with one attached hydrogen (secondary N) is 1. The van der Waals surface area contributed by atoms with Gasteiger partial charge in [-0.3, -0.25) is 0 Å². The van der Waals surface area contributed by atoms with E-state index in [1.807, 2.05) is 42.5 Å². The van der Waals surface area contributed by atoms with Crippen LogP contribution >= 0.6 is 0 Å². The summed E-state index contributed by atoms with van der Waals surface area (Å²) in [6.45, 7) is 0.646. The van der Waals surface area contributed by atoms with Gasteiger partial charge >= 0.3 is 6.09 Å². The quantitative estimate of drug-likeness (QED) is 0.664. The fraction of sp³-hybridized carbons (Fsp3) is 0.200. The summed E-state index contributed by atoms with van der Waals surface area (Å²) in [4.78, 5) is 15.3. The van der Waals surface area contributed by atoms with Crippen molar-refractivity contribution in [1.82, 2.24) is 4.98 Å². The number of hydrogen-bond acceptors (Lipinski definition) is 6. The molecule has 0 aliphatic heterocycles. The van der Waals surface area contributed by atoms with Gasteiger partial charge in [0.05, 0.1) is 14.2 Å². The summed E-state index contributed by atoms with van der Waals surface area (Å²) >= 11 is 0. The molecule has 0 fully saturated rings. The number of pyridine rings is 1. The zero-order chi connectivity index (χ0) is 19.2. The molecule has 3 aromatic rings. The Kier molecular flexibility index (Phi) is 5.61. The molecule has 2 aromatic carbocycles. The summed E-state index contributed by atoms with van der Waals surface area (Å²) in [5.74, 6) is 2.20. The number of carbonyl (C=O) groups excluding carboxylic acids is 1. The Morgan fingerprint density at radius 3 is 2.70 bits per heavy atom. The maximum Gasteiger partial charge on any atom is 0.404 e. The van der Waals surface area contributed by atoms with E-state index in [9.17, 15) is 4.79 Å². The van der Waals surface area contributed by atoms with Gasteiger partial charge in [0.2, 0.25) is 0 Å². The molecule has 0 aliphatic rings. The number of rotatable bonds is 7. The van der Waals surface area contributed by atoms with E-state index in [1.165, 1.54) is 0 Å². The van der Waals surface area contributed by atoms with Gasteiger partial charge in [-0.05, 0) is 35.2 Å². The lowest BCUT2D eigenvalue weighted by Crippen LogP contribution is -2.12. The molecule has 1 aromatic heterocycles. The zero-order valence-electron chi connectivity index (χ0n) is 15.2. The summed E-state index contributed by atoms with van der Waals surface area (Å²) in [5, 5.41) is 5.30. The lowest BCUT2D eigenvalue weighted by molar-refractivity contribution is 0.150. The molecule has 0 saturated heterocycles. The van der Waals surface area contributed by atoms with Crippen LogP contribution in [0.15, 0.2) is 48.7 Å². The lowest BCUT2D eigenvalue weighted by Gasteiger charge is -2.13. The maximum atomic E-state index is 10.8. The minimum atomic E-state index is -0.800. The third-order valence-electron chi connectivity index (χ3n) is 4.15. The van der Waals surface area contributed by atoms with Crippen molar-refractivity contribution in [2.24, 2.45) is 5.73 Å². The Labute approximate surface area is 157 Å². The monoisotopic (exact) mass is 367 g/mol. The van der Waals surface area contributed by atoms with Crippen LogP contribution in [0.2, 0.25) is 0 Å². The van der Waals surface area contributed by atoms with Crippen LogP contribution in [0.1, 0.15) is 11.1 Å². The van der Waals surface area contributed by atoms with Crippen LogP contribution in [0.5, 0.6) is 11.5 Å². The number of hydrogen-bond donors (Lipinski definition) is 2. The van der Waals surface area contributed by atoms with Crippen molar-refractivity contribution in [3.05, 3.63) is 59.8 Å². The fourth-order valence-electron chi connectivity index (χ4n) is 2.78. The topological polar surface area (TPSA) is 95.7 Å². The number of nitrogens with zero attached hydrogens (tertiary/aromatic N) is 1. The average Bonchev–Trinajstić information content (AvgIpc) is 2.70. The van der Waals surface area contributed by atoms with Crippen molar-refractivity contribution in [3.63, 3.8) is 0 Å². The van der Waals surface area contributed by atoms with E-state index < -0.39 is 6.09 Å². The third kappa shape index (κ3) is 4.38. The highest BCUT2D eigenvalue weighted by Crippen LogP contribution is 2.27. The van der Waals surface area contributed by atoms with Gasteiger partial charge < -0.3 is 25.3 Å². The number of nitrogens with two attached hydrogens (primary N) is 1. The molecule has 3 rings (SSSR count). The van der Waals surface area contributed by atoms with Gasteiger partial charge in [-0.1, -0.05) is 12.1 Å². The molecule has 7 heteroatoms. The molecule has 140 valence electrons. The van der Waals surface area contributed by atoms with Crippen LogP contribution in [0, 0.1) is 0 Å². The van der Waals surface area contributed by atoms with Crippen LogP contribution in [-0.4, -0.2) is 25.3 Å². The van der Waals surface area contributed by atoms with E-state index >= 15 is 0 Å². The molecule has 27 heavy (non-hydrogen) atoms. The van der Waals surface area contributed by atoms with Crippen LogP contribution in [0.4, 0.5) is 10.6 Å². The summed E-state index contributed by atoms with van der Waals surface area (Å²) in [6.07, 6.45) is 0.946. The van der Waals surface area contributed by atoms with Gasteiger partial charge in [0.1, 0.15) is 23.9 Å². The average molecular weight is 367 g/mol. The van der Waals surface area contributed by atoms with Crippen molar-refractivity contribution in [2.45, 2.75) is 13.2 Å². The molecule has 0 unspecified atom stereocenters. The Hall–Kier alpha value is -3.48. The first-order valence-electron chi connectivity index (χ1n) is 8.35. The number of benzene rings is 2. The highest BCUT2D eigenvalue weighted by molar-refractivity contribution is 5.92. The fourth-order valence-corrected chi connectivity index (χ4v) is 2.78. The zero-order valence-corrected chi connectivity index (χ0v) is 15.2. The van der Waals surface area contributed by atoms with Gasteiger partial charge in [-0.25, -0.2) is 9.78 Å². The Morgan fingerprint density at radius 1 is 1.11 bits per heavy atom. The second kappa shape index (κ2) is 8.27. The minimum Gasteiger partial charge on any atom is -0.497 e. The largest absolute Gasteiger partial charge is 0.497 e. The smallest absolute Gasteiger partial charge is 0.404 e. The van der Waals surface area contributed by atoms with Gasteiger partial charge in [0.25, 0.3) is 0 Å². The molecule has 1 amide bonds. The van der Waals surface area contributed by atoms with E-state index in [0.717, 1.165) is 39.2 Å². The van der Waals surface area contributed by atoms with E-state index in [4.69, 9.17) is 19.9 Å². The number of methoxy groups -OCH3 is 2. The van der Waals surface area contributed by atoms with Gasteiger partial charge in [0, 0.05) is 29.8 Å². The second-order valence-corrected chi connectivity index (χ2v) is 5.85. The van der Waals surface area contributed by atoms with Crippen LogP contribution in [-0.2, 0) is 17.9 Å². The molecular formula is C20H21N3O4. The van der Waals surface area contributed by atoms with Crippen molar-refractivity contribution >= 4 is 22.7 Å². The molecule has 0 spiro atoms. The van der Waals surface area contributed by atoms with Gasteiger partial charge in [-0.15, -0.1) is 0 Å². The van der Waals surface area contributed by atoms with E-state index in [1.54, 1.807) is 20.4 Å². The normalized spacial score (nSPS) is 10.4. The molecule has 1 heterocycles. The number of amides is 1. The minimum absolute atomic E-state index is 0.117. The van der Waals surface area contributed by atoms with Gasteiger partial charge in [-0.2, -0.15) is 0 Å². The summed E-state index contributed by atoms with van der Waals surface area (Å²) in [6, 6.07) is 13.4. The van der Waals surface area contributed by atoms with Crippen molar-refractivity contribution < 1.29 is 19.0 Å². The Bertz CT molecular complexity index is 959. The standard InChI is InChI=1S/C20H21N3O4/c1-25-16-6-5-15(18(10-16)26-2)11-23-19-17-9-13(12-27-20(21)24)3-4-14(17)7-8-22-19/h3-10H,11-12H2,1-2H3,(H2,21,24)(H,22,23). The van der Waals surface area contributed by atoms with Gasteiger partial charge in [0.15, 0.2) is 0 Å². The third-order valence-corrected chi connectivity index (χ3v) is 4.15. The van der Waals surface area contributed by atoms with Crippen molar-refractivity contribution in [1.29, 1.82) is 0 Å². The Balaban J connectivity index is 1.84. The first-order valence-corrected chi connectivity index (χ1v) is 8.35. The predicted octanol–water partition coefficient (Wildman–Crippen LogP) is 3.46. The number of aromatic nitrogens is 1. The first kappa shape index (κ1) is 18.3. The summed E-state index contributed by atoms with van der Waals surface area (Å²) in [5.41, 5.74) is 6.85. The molecule has 0 saturated carbocycles.